The summed E-state index contributed by atoms with van der Waals surface area (Å²) >= 11 is 2.95. The monoisotopic (exact) mass is 332 g/mol. The van der Waals surface area contributed by atoms with E-state index in [-0.39, 0.29) is 0 Å². The summed E-state index contributed by atoms with van der Waals surface area (Å²) in [6.07, 6.45) is 1.55. The van der Waals surface area contributed by atoms with Crippen molar-refractivity contribution in [1.29, 1.82) is 0 Å². The Kier molecular flexibility index (Phi) is 3.79. The fraction of sp³-hybridized carbons (Fsp3) is 0.286. The molecule has 0 aromatic carbocycles. The van der Waals surface area contributed by atoms with Crippen LogP contribution in [0.4, 0.5) is 10.8 Å². The Morgan fingerprint density at radius 3 is 2.73 bits per heavy atom. The highest BCUT2D eigenvalue weighted by atomic mass is 32.1. The first-order valence-corrected chi connectivity index (χ1v) is 8.31. The fourth-order valence-electron chi connectivity index (χ4n) is 2.29. The van der Waals surface area contributed by atoms with E-state index in [9.17, 15) is 0 Å². The second kappa shape index (κ2) is 5.62. The molecule has 0 unspecified atom stereocenters. The van der Waals surface area contributed by atoms with Gasteiger partial charge in [0.1, 0.15) is 16.2 Å². The van der Waals surface area contributed by atoms with Gasteiger partial charge in [-0.25, -0.2) is 9.97 Å². The normalized spacial score (nSPS) is 12.1. The van der Waals surface area contributed by atoms with Gasteiger partial charge >= 0.3 is 0 Å². The maximum Gasteiger partial charge on any atom is 0.158 e. The third-order valence-electron chi connectivity index (χ3n) is 3.55. The standard InChI is InChI=1S/C14H16N6S2/c1-6-9(4)21-14-10(6)13(16-5-17-14)19-18-7(2)11-8(3)20-22-12(11)15/h5H,15H2,1-4H3,(H,16,17,19)/b18-7-. The zero-order chi connectivity index (χ0) is 15.9. The second-order valence-corrected chi connectivity index (χ2v) is 7.01. The van der Waals surface area contributed by atoms with Crippen molar-refractivity contribution in [2.24, 2.45) is 5.10 Å². The largest absolute Gasteiger partial charge is 0.389 e. The van der Waals surface area contributed by atoms with Gasteiger partial charge in [0.15, 0.2) is 5.82 Å². The number of anilines is 2. The number of hydrogen-bond acceptors (Lipinski definition) is 8. The molecule has 0 amide bonds. The summed E-state index contributed by atoms with van der Waals surface area (Å²) in [5.41, 5.74) is 12.8. The molecule has 0 saturated heterocycles. The highest BCUT2D eigenvalue weighted by molar-refractivity contribution is 7.18. The summed E-state index contributed by atoms with van der Waals surface area (Å²) in [6.45, 7) is 7.99. The first-order chi connectivity index (χ1) is 10.5. The predicted molar refractivity (Wildman–Crippen MR) is 94.0 cm³/mol. The lowest BCUT2D eigenvalue weighted by molar-refractivity contribution is 1.18. The molecule has 0 aliphatic carbocycles. The van der Waals surface area contributed by atoms with Crippen LogP contribution in [0.15, 0.2) is 11.4 Å². The van der Waals surface area contributed by atoms with E-state index in [0.717, 1.165) is 27.2 Å². The molecule has 0 aliphatic heterocycles. The molecule has 0 aliphatic rings. The van der Waals surface area contributed by atoms with E-state index in [0.29, 0.717) is 10.8 Å². The number of nitrogen functional groups attached to an aromatic ring is 1. The lowest BCUT2D eigenvalue weighted by atomic mass is 10.2. The van der Waals surface area contributed by atoms with Crippen LogP contribution in [-0.2, 0) is 0 Å². The van der Waals surface area contributed by atoms with E-state index in [2.05, 4.69) is 38.7 Å². The van der Waals surface area contributed by atoms with Gasteiger partial charge in [0.25, 0.3) is 0 Å². The van der Waals surface area contributed by atoms with Crippen molar-refractivity contribution in [3.8, 4) is 0 Å². The van der Waals surface area contributed by atoms with Crippen LogP contribution in [0.25, 0.3) is 10.2 Å². The maximum absolute atomic E-state index is 5.95. The number of hydrogen-bond donors (Lipinski definition) is 2. The van der Waals surface area contributed by atoms with Crippen LogP contribution < -0.4 is 11.2 Å². The molecular formula is C14H16N6S2. The fourth-order valence-corrected chi connectivity index (χ4v) is 4.00. The molecule has 114 valence electrons. The molecule has 22 heavy (non-hydrogen) atoms. The van der Waals surface area contributed by atoms with Crippen LogP contribution in [-0.4, -0.2) is 20.1 Å². The van der Waals surface area contributed by atoms with Gasteiger partial charge in [0.2, 0.25) is 0 Å². The minimum absolute atomic E-state index is 0.677. The summed E-state index contributed by atoms with van der Waals surface area (Å²) < 4.78 is 4.24. The van der Waals surface area contributed by atoms with Crippen molar-refractivity contribution in [3.05, 3.63) is 28.0 Å². The number of nitrogens with one attached hydrogen (secondary N) is 1. The van der Waals surface area contributed by atoms with Crippen molar-refractivity contribution in [3.63, 3.8) is 0 Å². The summed E-state index contributed by atoms with van der Waals surface area (Å²) in [5.74, 6) is 0.714. The number of nitrogens with two attached hydrogens (primary N) is 1. The summed E-state index contributed by atoms with van der Waals surface area (Å²) in [4.78, 5) is 10.8. The Morgan fingerprint density at radius 1 is 1.27 bits per heavy atom. The average Bonchev–Trinajstić information content (AvgIpc) is 2.97. The third-order valence-corrected chi connectivity index (χ3v) is 5.43. The van der Waals surface area contributed by atoms with Crippen LogP contribution >= 0.6 is 22.9 Å². The number of aryl methyl sites for hydroxylation is 3. The van der Waals surface area contributed by atoms with Crippen LogP contribution in [0.1, 0.15) is 28.6 Å². The van der Waals surface area contributed by atoms with Crippen molar-refractivity contribution >= 4 is 49.6 Å². The lowest BCUT2D eigenvalue weighted by Crippen LogP contribution is -2.04. The number of rotatable bonds is 3. The van der Waals surface area contributed by atoms with E-state index >= 15 is 0 Å². The Labute approximate surface area is 136 Å². The number of hydrazone groups is 1. The third kappa shape index (κ3) is 2.44. The molecule has 8 heteroatoms. The smallest absolute Gasteiger partial charge is 0.158 e. The van der Waals surface area contributed by atoms with Crippen LogP contribution in [0.2, 0.25) is 0 Å². The van der Waals surface area contributed by atoms with E-state index < -0.39 is 0 Å². The van der Waals surface area contributed by atoms with Crippen molar-refractivity contribution in [1.82, 2.24) is 14.3 Å². The van der Waals surface area contributed by atoms with Gasteiger partial charge < -0.3 is 5.73 Å². The minimum atomic E-state index is 0.677. The minimum Gasteiger partial charge on any atom is -0.389 e. The van der Waals surface area contributed by atoms with Gasteiger partial charge in [-0.3, -0.25) is 5.43 Å². The molecule has 6 nitrogen and oxygen atoms in total. The van der Waals surface area contributed by atoms with Gasteiger partial charge in [-0.1, -0.05) is 0 Å². The molecule has 0 radical (unpaired) electrons. The summed E-state index contributed by atoms with van der Waals surface area (Å²) in [5, 5.41) is 6.13. The molecule has 3 rings (SSSR count). The molecule has 3 N–H and O–H groups in total. The van der Waals surface area contributed by atoms with Crippen molar-refractivity contribution in [2.75, 3.05) is 11.2 Å². The molecule has 0 saturated carbocycles. The quantitative estimate of drug-likeness (QED) is 0.566. The molecular weight excluding hydrogens is 316 g/mol. The molecule has 0 spiro atoms. The Bertz CT molecular complexity index is 857. The molecule has 0 bridgehead atoms. The predicted octanol–water partition coefficient (Wildman–Crippen LogP) is 3.49. The zero-order valence-electron chi connectivity index (χ0n) is 12.8. The Balaban J connectivity index is 1.99. The number of aromatic nitrogens is 3. The van der Waals surface area contributed by atoms with Crippen LogP contribution in [0, 0.1) is 20.8 Å². The van der Waals surface area contributed by atoms with Gasteiger partial charge in [-0.2, -0.15) is 9.47 Å². The van der Waals surface area contributed by atoms with E-state index in [4.69, 9.17) is 5.73 Å². The van der Waals surface area contributed by atoms with Gasteiger partial charge in [0.05, 0.1) is 22.4 Å². The lowest BCUT2D eigenvalue weighted by Gasteiger charge is -2.05. The molecule has 3 heterocycles. The van der Waals surface area contributed by atoms with E-state index in [1.54, 1.807) is 17.7 Å². The van der Waals surface area contributed by atoms with Gasteiger partial charge in [-0.15, -0.1) is 11.3 Å². The second-order valence-electron chi connectivity index (χ2n) is 5.00. The van der Waals surface area contributed by atoms with Gasteiger partial charge in [0, 0.05) is 4.88 Å². The van der Waals surface area contributed by atoms with Gasteiger partial charge in [-0.05, 0) is 44.8 Å². The van der Waals surface area contributed by atoms with E-state index in [1.807, 2.05) is 13.8 Å². The number of fused-ring (bicyclic) bond motifs is 1. The topological polar surface area (TPSA) is 89.1 Å². The molecule has 0 fully saturated rings. The van der Waals surface area contributed by atoms with Crippen molar-refractivity contribution < 1.29 is 0 Å². The number of nitrogens with zero attached hydrogens (tertiary/aromatic N) is 4. The summed E-state index contributed by atoms with van der Waals surface area (Å²) in [6, 6.07) is 0. The SMILES string of the molecule is C/C(=N/Nc1ncnc2sc(C)c(C)c12)c1c(C)nsc1N. The zero-order valence-corrected chi connectivity index (χ0v) is 14.4. The molecule has 3 aromatic rings. The highest BCUT2D eigenvalue weighted by Gasteiger charge is 2.13. The summed E-state index contributed by atoms with van der Waals surface area (Å²) in [7, 11) is 0. The highest BCUT2D eigenvalue weighted by Crippen LogP contribution is 2.32. The Hall–Kier alpha value is -2.06. The maximum atomic E-state index is 5.95. The van der Waals surface area contributed by atoms with Crippen LogP contribution in [0.5, 0.6) is 0 Å². The van der Waals surface area contributed by atoms with Crippen LogP contribution in [0.3, 0.4) is 0 Å². The average molecular weight is 332 g/mol. The molecule has 3 aromatic heterocycles. The first-order valence-electron chi connectivity index (χ1n) is 6.72. The number of thiophene rings is 1. The first kappa shape index (κ1) is 14.9. The molecule has 0 atom stereocenters. The van der Waals surface area contributed by atoms with Crippen molar-refractivity contribution in [2.45, 2.75) is 27.7 Å². The van der Waals surface area contributed by atoms with E-state index in [1.165, 1.54) is 22.0 Å². The Morgan fingerprint density at radius 2 is 2.05 bits per heavy atom.